The van der Waals surface area contributed by atoms with Crippen molar-refractivity contribution < 1.29 is 22.7 Å². The molecule has 0 unspecified atom stereocenters. The standard InChI is InChI=1S/C19H14F3N3O2/c1-27-13-4-2-3-12(9-13)24-19(26)11-5-8-16(23-10-11)25-15-7-6-14(20)17(21)18(15)22/h2-10H,1H3,(H,23,25)(H,24,26). The molecule has 27 heavy (non-hydrogen) atoms. The number of nitrogens with one attached hydrogen (secondary N) is 2. The van der Waals surface area contributed by atoms with E-state index >= 15 is 0 Å². The Kier molecular flexibility index (Phi) is 5.25. The van der Waals surface area contributed by atoms with Crippen LogP contribution in [0.1, 0.15) is 10.4 Å². The minimum absolute atomic E-state index is 0.165. The van der Waals surface area contributed by atoms with Crippen LogP contribution in [0.5, 0.6) is 5.75 Å². The number of pyridine rings is 1. The van der Waals surface area contributed by atoms with Gasteiger partial charge in [0, 0.05) is 18.0 Å². The van der Waals surface area contributed by atoms with Crippen LogP contribution in [-0.2, 0) is 0 Å². The van der Waals surface area contributed by atoms with Crippen molar-refractivity contribution in [3.8, 4) is 5.75 Å². The molecule has 3 rings (SSSR count). The van der Waals surface area contributed by atoms with Gasteiger partial charge in [0.25, 0.3) is 5.91 Å². The summed E-state index contributed by atoms with van der Waals surface area (Å²) in [5.74, 6) is -3.85. The maximum Gasteiger partial charge on any atom is 0.257 e. The van der Waals surface area contributed by atoms with Crippen molar-refractivity contribution in [2.75, 3.05) is 17.7 Å². The Hall–Kier alpha value is -3.55. The van der Waals surface area contributed by atoms with Crippen LogP contribution in [0, 0.1) is 17.5 Å². The number of hydrogen-bond acceptors (Lipinski definition) is 4. The minimum atomic E-state index is -1.57. The summed E-state index contributed by atoms with van der Waals surface area (Å²) in [4.78, 5) is 16.2. The third kappa shape index (κ3) is 4.17. The van der Waals surface area contributed by atoms with Gasteiger partial charge in [-0.3, -0.25) is 4.79 Å². The topological polar surface area (TPSA) is 63.2 Å². The van der Waals surface area contributed by atoms with Gasteiger partial charge in [-0.05, 0) is 36.4 Å². The van der Waals surface area contributed by atoms with Crippen LogP contribution in [0.15, 0.2) is 54.7 Å². The van der Waals surface area contributed by atoms with Gasteiger partial charge in [-0.25, -0.2) is 18.2 Å². The molecule has 0 fully saturated rings. The number of rotatable bonds is 5. The van der Waals surface area contributed by atoms with E-state index in [4.69, 9.17) is 4.74 Å². The first-order valence-electron chi connectivity index (χ1n) is 7.80. The van der Waals surface area contributed by atoms with E-state index < -0.39 is 23.4 Å². The molecule has 0 radical (unpaired) electrons. The molecule has 5 nitrogen and oxygen atoms in total. The zero-order valence-corrected chi connectivity index (χ0v) is 14.1. The first kappa shape index (κ1) is 18.2. The molecule has 0 aliphatic carbocycles. The van der Waals surface area contributed by atoms with Crippen molar-refractivity contribution in [1.82, 2.24) is 4.98 Å². The summed E-state index contributed by atoms with van der Waals surface area (Å²) < 4.78 is 45.0. The fraction of sp³-hybridized carbons (Fsp3) is 0.0526. The van der Waals surface area contributed by atoms with Crippen LogP contribution in [-0.4, -0.2) is 18.0 Å². The molecule has 8 heteroatoms. The highest BCUT2D eigenvalue weighted by molar-refractivity contribution is 6.04. The van der Waals surface area contributed by atoms with Gasteiger partial charge in [0.1, 0.15) is 11.6 Å². The maximum absolute atomic E-state index is 13.7. The number of nitrogens with zero attached hydrogens (tertiary/aromatic N) is 1. The minimum Gasteiger partial charge on any atom is -0.497 e. The van der Waals surface area contributed by atoms with Crippen molar-refractivity contribution >= 4 is 23.1 Å². The number of hydrogen-bond donors (Lipinski definition) is 2. The molecule has 0 saturated heterocycles. The molecule has 0 spiro atoms. The first-order valence-corrected chi connectivity index (χ1v) is 7.80. The van der Waals surface area contributed by atoms with E-state index in [1.807, 2.05) is 0 Å². The van der Waals surface area contributed by atoms with E-state index in [1.54, 1.807) is 24.3 Å². The van der Waals surface area contributed by atoms with Gasteiger partial charge >= 0.3 is 0 Å². The number of methoxy groups -OCH3 is 1. The van der Waals surface area contributed by atoms with Gasteiger partial charge in [-0.15, -0.1) is 0 Å². The molecule has 0 atom stereocenters. The number of amides is 1. The van der Waals surface area contributed by atoms with Crippen molar-refractivity contribution in [1.29, 1.82) is 0 Å². The number of aromatic nitrogens is 1. The monoisotopic (exact) mass is 373 g/mol. The molecule has 0 bridgehead atoms. The number of benzene rings is 2. The van der Waals surface area contributed by atoms with Crippen LogP contribution < -0.4 is 15.4 Å². The fourth-order valence-electron chi connectivity index (χ4n) is 2.27. The van der Waals surface area contributed by atoms with Crippen molar-refractivity contribution in [2.45, 2.75) is 0 Å². The number of ether oxygens (including phenoxy) is 1. The van der Waals surface area contributed by atoms with Crippen LogP contribution >= 0.6 is 0 Å². The van der Waals surface area contributed by atoms with Crippen molar-refractivity contribution in [3.05, 3.63) is 77.7 Å². The lowest BCUT2D eigenvalue weighted by molar-refractivity contribution is 0.102. The summed E-state index contributed by atoms with van der Waals surface area (Å²) in [6.07, 6.45) is 1.27. The molecule has 3 aromatic rings. The zero-order valence-electron chi connectivity index (χ0n) is 14.1. The second kappa shape index (κ2) is 7.77. The highest BCUT2D eigenvalue weighted by Crippen LogP contribution is 2.23. The van der Waals surface area contributed by atoms with E-state index in [2.05, 4.69) is 15.6 Å². The van der Waals surface area contributed by atoms with Crippen molar-refractivity contribution in [3.63, 3.8) is 0 Å². The van der Waals surface area contributed by atoms with E-state index in [1.165, 1.54) is 25.4 Å². The molecule has 2 aromatic carbocycles. The highest BCUT2D eigenvalue weighted by Gasteiger charge is 2.14. The van der Waals surface area contributed by atoms with Gasteiger partial charge in [-0.2, -0.15) is 0 Å². The van der Waals surface area contributed by atoms with E-state index in [-0.39, 0.29) is 17.1 Å². The predicted molar refractivity (Wildman–Crippen MR) is 94.8 cm³/mol. The van der Waals surface area contributed by atoms with E-state index in [9.17, 15) is 18.0 Å². The molecule has 1 aromatic heterocycles. The van der Waals surface area contributed by atoms with Gasteiger partial charge < -0.3 is 15.4 Å². The second-order valence-corrected chi connectivity index (χ2v) is 5.47. The Balaban J connectivity index is 1.71. The second-order valence-electron chi connectivity index (χ2n) is 5.47. The smallest absolute Gasteiger partial charge is 0.257 e. The molecular formula is C19H14F3N3O2. The van der Waals surface area contributed by atoms with Gasteiger partial charge in [0.05, 0.1) is 18.4 Å². The summed E-state index contributed by atoms with van der Waals surface area (Å²) in [5, 5.41) is 5.22. The Labute approximate surface area is 152 Å². The average Bonchev–Trinajstić information content (AvgIpc) is 2.69. The molecule has 0 aliphatic rings. The molecule has 1 heterocycles. The summed E-state index contributed by atoms with van der Waals surface area (Å²) in [7, 11) is 1.52. The Morgan fingerprint density at radius 2 is 1.85 bits per heavy atom. The summed E-state index contributed by atoms with van der Waals surface area (Å²) in [6, 6.07) is 11.6. The number of carbonyl (C=O) groups excluding carboxylic acids is 1. The third-order valence-electron chi connectivity index (χ3n) is 3.65. The van der Waals surface area contributed by atoms with Gasteiger partial charge in [0.15, 0.2) is 17.5 Å². The summed E-state index contributed by atoms with van der Waals surface area (Å²) in [5.41, 5.74) is 0.537. The maximum atomic E-state index is 13.7. The van der Waals surface area contributed by atoms with E-state index in [0.29, 0.717) is 11.4 Å². The third-order valence-corrected chi connectivity index (χ3v) is 3.65. The largest absolute Gasteiger partial charge is 0.497 e. The lowest BCUT2D eigenvalue weighted by Gasteiger charge is -2.09. The molecule has 2 N–H and O–H groups in total. The van der Waals surface area contributed by atoms with Crippen molar-refractivity contribution in [2.24, 2.45) is 0 Å². The van der Waals surface area contributed by atoms with Crippen LogP contribution in [0.25, 0.3) is 0 Å². The first-order chi connectivity index (χ1) is 13.0. The molecule has 0 saturated carbocycles. The number of halogens is 3. The highest BCUT2D eigenvalue weighted by atomic mass is 19.2. The Morgan fingerprint density at radius 3 is 2.56 bits per heavy atom. The average molecular weight is 373 g/mol. The summed E-state index contributed by atoms with van der Waals surface area (Å²) in [6.45, 7) is 0. The SMILES string of the molecule is COc1cccc(NC(=O)c2ccc(Nc3ccc(F)c(F)c3F)nc2)c1. The lowest BCUT2D eigenvalue weighted by Crippen LogP contribution is -2.12. The molecule has 138 valence electrons. The lowest BCUT2D eigenvalue weighted by atomic mass is 10.2. The van der Waals surface area contributed by atoms with Crippen LogP contribution in [0.3, 0.4) is 0 Å². The predicted octanol–water partition coefficient (Wildman–Crippen LogP) is 4.50. The quantitative estimate of drug-likeness (QED) is 0.647. The summed E-state index contributed by atoms with van der Waals surface area (Å²) >= 11 is 0. The molecular weight excluding hydrogens is 359 g/mol. The molecule has 0 aliphatic heterocycles. The number of anilines is 3. The molecule has 1 amide bonds. The number of carbonyl (C=O) groups is 1. The van der Waals surface area contributed by atoms with Gasteiger partial charge in [-0.1, -0.05) is 6.07 Å². The zero-order chi connectivity index (χ0) is 19.4. The fourth-order valence-corrected chi connectivity index (χ4v) is 2.27. The van der Waals surface area contributed by atoms with Crippen LogP contribution in [0.2, 0.25) is 0 Å². The Morgan fingerprint density at radius 1 is 1.04 bits per heavy atom. The Bertz CT molecular complexity index is 978. The van der Waals surface area contributed by atoms with Gasteiger partial charge in [0.2, 0.25) is 0 Å². The normalized spacial score (nSPS) is 10.4. The van der Waals surface area contributed by atoms with Crippen LogP contribution in [0.4, 0.5) is 30.4 Å². The van der Waals surface area contributed by atoms with E-state index in [0.717, 1.165) is 12.1 Å².